The number of halogens is 1. The monoisotopic (exact) mass is 376 g/mol. The molecule has 0 amide bonds. The predicted octanol–water partition coefficient (Wildman–Crippen LogP) is 5.96. The summed E-state index contributed by atoms with van der Waals surface area (Å²) in [5.74, 6) is -0.546. The van der Waals surface area contributed by atoms with Gasteiger partial charge in [0.05, 0.1) is 17.1 Å². The maximum Gasteiger partial charge on any atom is 0.339 e. The zero-order valence-corrected chi connectivity index (χ0v) is 17.3. The first-order chi connectivity index (χ1) is 12.0. The average Bonchev–Trinajstić information content (AvgIpc) is 2.84. The highest BCUT2D eigenvalue weighted by atomic mass is 35.5. The summed E-state index contributed by atoms with van der Waals surface area (Å²) < 4.78 is 1.75. The Morgan fingerprint density at radius 3 is 2.42 bits per heavy atom. The van der Waals surface area contributed by atoms with Crippen LogP contribution in [0.15, 0.2) is 24.3 Å². The van der Waals surface area contributed by atoms with Crippen LogP contribution in [0.1, 0.15) is 75.6 Å². The second-order valence-corrected chi connectivity index (χ2v) is 9.07. The maximum atomic E-state index is 12.0. The molecule has 0 saturated heterocycles. The van der Waals surface area contributed by atoms with E-state index in [1.807, 2.05) is 32.0 Å². The van der Waals surface area contributed by atoms with Crippen LogP contribution in [0, 0.1) is 11.3 Å². The lowest BCUT2D eigenvalue weighted by Gasteiger charge is -2.22. The van der Waals surface area contributed by atoms with Gasteiger partial charge in [0.2, 0.25) is 0 Å². The topological polar surface area (TPSA) is 55.1 Å². The van der Waals surface area contributed by atoms with Crippen LogP contribution in [0.25, 0.3) is 5.69 Å². The maximum absolute atomic E-state index is 12.0. The molecule has 1 unspecified atom stereocenters. The van der Waals surface area contributed by atoms with E-state index in [-0.39, 0.29) is 11.3 Å². The minimum absolute atomic E-state index is 0.0271. The Bertz CT molecular complexity index is 788. The van der Waals surface area contributed by atoms with E-state index in [2.05, 4.69) is 27.7 Å². The molecule has 0 aliphatic carbocycles. The number of hydrogen-bond acceptors (Lipinski definition) is 2. The number of aromatic carboxylic acids is 1. The first kappa shape index (κ1) is 20.5. The van der Waals surface area contributed by atoms with Crippen molar-refractivity contribution < 1.29 is 9.90 Å². The van der Waals surface area contributed by atoms with E-state index in [1.54, 1.807) is 10.7 Å². The molecule has 0 bridgehead atoms. The normalized spacial score (nSPS) is 13.2. The Balaban J connectivity index is 2.55. The van der Waals surface area contributed by atoms with Gasteiger partial charge in [0.25, 0.3) is 0 Å². The third-order valence-corrected chi connectivity index (χ3v) is 4.54. The first-order valence-electron chi connectivity index (χ1n) is 9.10. The molecule has 0 fully saturated rings. The molecule has 142 valence electrons. The number of carboxylic acid groups (broad SMARTS) is 1. The molecule has 1 atom stereocenters. The van der Waals surface area contributed by atoms with Gasteiger partial charge < -0.3 is 5.11 Å². The van der Waals surface area contributed by atoms with Crippen molar-refractivity contribution in [1.29, 1.82) is 0 Å². The highest BCUT2D eigenvalue weighted by Crippen LogP contribution is 2.31. The number of carboxylic acids is 1. The van der Waals surface area contributed by atoms with E-state index in [1.165, 1.54) is 0 Å². The van der Waals surface area contributed by atoms with Gasteiger partial charge in [-0.3, -0.25) is 0 Å². The highest BCUT2D eigenvalue weighted by molar-refractivity contribution is 6.30. The van der Waals surface area contributed by atoms with Gasteiger partial charge >= 0.3 is 5.97 Å². The van der Waals surface area contributed by atoms with Crippen LogP contribution in [0.2, 0.25) is 5.02 Å². The zero-order chi connectivity index (χ0) is 19.6. The van der Waals surface area contributed by atoms with E-state index >= 15 is 0 Å². The molecule has 1 aromatic carbocycles. The molecule has 2 rings (SSSR count). The molecule has 0 radical (unpaired) electrons. The molecule has 0 saturated carbocycles. The van der Waals surface area contributed by atoms with Crippen molar-refractivity contribution in [2.75, 3.05) is 0 Å². The largest absolute Gasteiger partial charge is 0.478 e. The fourth-order valence-electron chi connectivity index (χ4n) is 3.64. The van der Waals surface area contributed by atoms with Gasteiger partial charge in [0, 0.05) is 5.02 Å². The summed E-state index contributed by atoms with van der Waals surface area (Å²) in [6.45, 7) is 12.7. The van der Waals surface area contributed by atoms with Crippen LogP contribution in [0.3, 0.4) is 0 Å². The average molecular weight is 377 g/mol. The highest BCUT2D eigenvalue weighted by Gasteiger charge is 2.27. The lowest BCUT2D eigenvalue weighted by molar-refractivity contribution is 0.0693. The SMILES string of the molecule is CC(Cc1nn(-c2cccc(Cl)c2)c(C(C)C)c1C(=O)O)CC(C)(C)C. The van der Waals surface area contributed by atoms with Gasteiger partial charge in [0.1, 0.15) is 5.56 Å². The molecular weight excluding hydrogens is 348 g/mol. The summed E-state index contributed by atoms with van der Waals surface area (Å²) in [7, 11) is 0. The van der Waals surface area contributed by atoms with Crippen LogP contribution in [0.4, 0.5) is 0 Å². The standard InChI is InChI=1S/C21H29ClN2O2/c1-13(2)19-18(20(25)26)17(10-14(3)12-21(4,5)6)23-24(19)16-9-7-8-15(22)11-16/h7-9,11,13-14H,10,12H2,1-6H3,(H,25,26). The number of aromatic nitrogens is 2. The zero-order valence-electron chi connectivity index (χ0n) is 16.5. The van der Waals surface area contributed by atoms with Crippen molar-refractivity contribution in [3.05, 3.63) is 46.2 Å². The van der Waals surface area contributed by atoms with Crippen LogP contribution in [-0.4, -0.2) is 20.9 Å². The summed E-state index contributed by atoms with van der Waals surface area (Å²) >= 11 is 6.14. The Morgan fingerprint density at radius 1 is 1.27 bits per heavy atom. The Labute approximate surface area is 161 Å². The second kappa shape index (κ2) is 7.83. The van der Waals surface area contributed by atoms with E-state index in [9.17, 15) is 9.90 Å². The summed E-state index contributed by atoms with van der Waals surface area (Å²) in [6, 6.07) is 7.37. The molecule has 1 aromatic heterocycles. The quantitative estimate of drug-likeness (QED) is 0.676. The molecule has 1 N–H and O–H groups in total. The fraction of sp³-hybridized carbons (Fsp3) is 0.524. The van der Waals surface area contributed by atoms with Crippen LogP contribution < -0.4 is 0 Å². The molecule has 5 heteroatoms. The molecule has 0 aliphatic heterocycles. The van der Waals surface area contributed by atoms with Gasteiger partial charge in [-0.25, -0.2) is 9.48 Å². The molecule has 1 heterocycles. The summed E-state index contributed by atoms with van der Waals surface area (Å²) in [4.78, 5) is 12.0. The van der Waals surface area contributed by atoms with Gasteiger partial charge in [0.15, 0.2) is 0 Å². The van der Waals surface area contributed by atoms with Crippen LogP contribution in [-0.2, 0) is 6.42 Å². The van der Waals surface area contributed by atoms with Crippen molar-refractivity contribution in [2.24, 2.45) is 11.3 Å². The van der Waals surface area contributed by atoms with E-state index < -0.39 is 5.97 Å². The molecule has 0 spiro atoms. The molecule has 0 aliphatic rings. The van der Waals surface area contributed by atoms with Gasteiger partial charge in [-0.05, 0) is 48.3 Å². The van der Waals surface area contributed by atoms with Crippen molar-refractivity contribution in [2.45, 2.75) is 60.3 Å². The lowest BCUT2D eigenvalue weighted by Crippen LogP contribution is -2.14. The number of rotatable bonds is 6. The predicted molar refractivity (Wildman–Crippen MR) is 107 cm³/mol. The van der Waals surface area contributed by atoms with Gasteiger partial charge in [-0.1, -0.05) is 59.2 Å². The lowest BCUT2D eigenvalue weighted by atomic mass is 9.83. The van der Waals surface area contributed by atoms with Gasteiger partial charge in [-0.15, -0.1) is 0 Å². The van der Waals surface area contributed by atoms with Crippen LogP contribution >= 0.6 is 11.6 Å². The second-order valence-electron chi connectivity index (χ2n) is 8.63. The molecule has 4 nitrogen and oxygen atoms in total. The molecular formula is C21H29ClN2O2. The fourth-order valence-corrected chi connectivity index (χ4v) is 3.82. The number of hydrogen-bond donors (Lipinski definition) is 1. The van der Waals surface area contributed by atoms with Gasteiger partial charge in [-0.2, -0.15) is 5.10 Å². The molecule has 2 aromatic rings. The van der Waals surface area contributed by atoms with Crippen LogP contribution in [0.5, 0.6) is 0 Å². The van der Waals surface area contributed by atoms with E-state index in [0.717, 1.165) is 17.8 Å². The Kier molecular flexibility index (Phi) is 6.17. The van der Waals surface area contributed by atoms with Crippen molar-refractivity contribution >= 4 is 17.6 Å². The third-order valence-electron chi connectivity index (χ3n) is 4.31. The Morgan fingerprint density at radius 2 is 1.92 bits per heavy atom. The minimum Gasteiger partial charge on any atom is -0.478 e. The number of benzene rings is 1. The Hall–Kier alpha value is -1.81. The first-order valence-corrected chi connectivity index (χ1v) is 9.48. The summed E-state index contributed by atoms with van der Waals surface area (Å²) in [5, 5.41) is 15.2. The summed E-state index contributed by atoms with van der Waals surface area (Å²) in [6.07, 6.45) is 1.65. The number of nitrogens with zero attached hydrogens (tertiary/aromatic N) is 2. The third kappa shape index (κ3) is 4.88. The number of carbonyl (C=O) groups is 1. The van der Waals surface area contributed by atoms with Crippen molar-refractivity contribution in [3.63, 3.8) is 0 Å². The smallest absolute Gasteiger partial charge is 0.339 e. The molecule has 26 heavy (non-hydrogen) atoms. The van der Waals surface area contributed by atoms with Crippen molar-refractivity contribution in [3.8, 4) is 5.69 Å². The summed E-state index contributed by atoms with van der Waals surface area (Å²) in [5.41, 5.74) is 2.69. The minimum atomic E-state index is -0.917. The van der Waals surface area contributed by atoms with E-state index in [0.29, 0.717) is 28.6 Å². The van der Waals surface area contributed by atoms with Crippen molar-refractivity contribution in [1.82, 2.24) is 9.78 Å². The van der Waals surface area contributed by atoms with E-state index in [4.69, 9.17) is 16.7 Å².